The van der Waals surface area contributed by atoms with E-state index in [1.54, 1.807) is 42.5 Å². The molecule has 0 aliphatic carbocycles. The van der Waals surface area contributed by atoms with E-state index in [4.69, 9.17) is 0 Å². The number of Topliss-reactive ketones (excluding diaryl/α,β-unsaturated/α-hetero) is 1. The van der Waals surface area contributed by atoms with Gasteiger partial charge in [0.2, 0.25) is 5.95 Å². The molecule has 1 saturated heterocycles. The van der Waals surface area contributed by atoms with E-state index in [-0.39, 0.29) is 17.3 Å². The van der Waals surface area contributed by atoms with Gasteiger partial charge in [-0.05, 0) is 23.8 Å². The zero-order chi connectivity index (χ0) is 19.7. The smallest absolute Gasteiger partial charge is 0.302 e. The van der Waals surface area contributed by atoms with Crippen molar-refractivity contribution >= 4 is 23.4 Å². The number of amides is 1. The highest BCUT2D eigenvalue weighted by Crippen LogP contribution is 2.40. The first-order valence-corrected chi connectivity index (χ1v) is 8.47. The molecule has 2 aromatic carbocycles. The van der Waals surface area contributed by atoms with Crippen LogP contribution in [0.5, 0.6) is 0 Å². The van der Waals surface area contributed by atoms with Gasteiger partial charge < -0.3 is 5.11 Å². The van der Waals surface area contributed by atoms with Gasteiger partial charge >= 0.3 is 5.91 Å². The summed E-state index contributed by atoms with van der Waals surface area (Å²) in [6.07, 6.45) is 2.86. The van der Waals surface area contributed by atoms with Gasteiger partial charge in [-0.25, -0.2) is 14.4 Å². The topological polar surface area (TPSA) is 83.4 Å². The summed E-state index contributed by atoms with van der Waals surface area (Å²) < 4.78 is 13.9. The fourth-order valence-electron chi connectivity index (χ4n) is 3.20. The average molecular weight is 375 g/mol. The third kappa shape index (κ3) is 2.92. The molecule has 1 aromatic heterocycles. The first kappa shape index (κ1) is 17.5. The minimum atomic E-state index is -1.06. The number of carbonyl (C=O) groups excluding carboxylic acids is 2. The van der Waals surface area contributed by atoms with Crippen LogP contribution in [-0.2, 0) is 9.59 Å². The Labute approximate surface area is 159 Å². The van der Waals surface area contributed by atoms with Gasteiger partial charge in [-0.1, -0.05) is 42.5 Å². The maximum atomic E-state index is 13.9. The van der Waals surface area contributed by atoms with Crippen LogP contribution in [0.4, 0.5) is 10.3 Å². The van der Waals surface area contributed by atoms with Crippen LogP contribution in [0, 0.1) is 5.82 Å². The normalized spacial score (nSPS) is 18.5. The molecular formula is C21H14FN3O3. The summed E-state index contributed by atoms with van der Waals surface area (Å²) in [7, 11) is 0. The van der Waals surface area contributed by atoms with Crippen molar-refractivity contribution in [3.05, 3.63) is 95.6 Å². The molecular weight excluding hydrogens is 361 g/mol. The van der Waals surface area contributed by atoms with Gasteiger partial charge in [0, 0.05) is 18.0 Å². The highest BCUT2D eigenvalue weighted by molar-refractivity contribution is 6.51. The van der Waals surface area contributed by atoms with E-state index >= 15 is 0 Å². The van der Waals surface area contributed by atoms with Crippen molar-refractivity contribution in [2.75, 3.05) is 4.90 Å². The van der Waals surface area contributed by atoms with E-state index in [0.717, 1.165) is 4.90 Å². The number of hydrogen-bond acceptors (Lipinski definition) is 5. The van der Waals surface area contributed by atoms with Crippen molar-refractivity contribution in [1.82, 2.24) is 9.97 Å². The van der Waals surface area contributed by atoms with Crippen LogP contribution in [0.2, 0.25) is 0 Å². The third-order valence-electron chi connectivity index (χ3n) is 4.42. The number of rotatable bonds is 3. The molecule has 1 aliphatic rings. The van der Waals surface area contributed by atoms with Gasteiger partial charge in [-0.2, -0.15) is 0 Å². The number of aromatic nitrogens is 2. The Morgan fingerprint density at radius 1 is 0.964 bits per heavy atom. The molecule has 1 aliphatic heterocycles. The lowest BCUT2D eigenvalue weighted by Crippen LogP contribution is -2.31. The summed E-state index contributed by atoms with van der Waals surface area (Å²) in [6.45, 7) is 0. The van der Waals surface area contributed by atoms with Crippen LogP contribution < -0.4 is 4.90 Å². The monoisotopic (exact) mass is 375 g/mol. The van der Waals surface area contributed by atoms with E-state index in [9.17, 15) is 19.1 Å². The highest BCUT2D eigenvalue weighted by Gasteiger charge is 2.48. The fraction of sp³-hybridized carbons (Fsp3) is 0.0476. The number of halogens is 1. The predicted octanol–water partition coefficient (Wildman–Crippen LogP) is 3.24. The molecule has 0 saturated carbocycles. The standard InChI is InChI=1S/C21H14FN3O3/c22-15-9-4-8-14(12-15)17-16(18(26)13-6-2-1-3-7-13)19(27)20(28)25(17)21-23-10-5-11-24-21/h1-12,17,26H/b18-16+. The van der Waals surface area contributed by atoms with Gasteiger partial charge in [-0.15, -0.1) is 0 Å². The lowest BCUT2D eigenvalue weighted by Gasteiger charge is -2.23. The van der Waals surface area contributed by atoms with E-state index in [1.807, 2.05) is 0 Å². The Morgan fingerprint density at radius 3 is 2.36 bits per heavy atom. The van der Waals surface area contributed by atoms with Gasteiger partial charge in [0.15, 0.2) is 0 Å². The summed E-state index contributed by atoms with van der Waals surface area (Å²) in [6, 6.07) is 14.4. The summed E-state index contributed by atoms with van der Waals surface area (Å²) in [4.78, 5) is 34.8. The average Bonchev–Trinajstić information content (AvgIpc) is 3.00. The molecule has 28 heavy (non-hydrogen) atoms. The first-order chi connectivity index (χ1) is 13.6. The van der Waals surface area contributed by atoms with Crippen LogP contribution in [0.15, 0.2) is 78.6 Å². The Bertz CT molecular complexity index is 1080. The van der Waals surface area contributed by atoms with Gasteiger partial charge in [-0.3, -0.25) is 14.5 Å². The zero-order valence-electron chi connectivity index (χ0n) is 14.5. The number of ketones is 1. The number of aliphatic hydroxyl groups is 1. The second-order valence-electron chi connectivity index (χ2n) is 6.14. The Morgan fingerprint density at radius 2 is 1.68 bits per heavy atom. The number of benzene rings is 2. The van der Waals surface area contributed by atoms with Crippen LogP contribution in [0.25, 0.3) is 5.76 Å². The Kier molecular flexibility index (Phi) is 4.41. The number of nitrogens with zero attached hydrogens (tertiary/aromatic N) is 3. The van der Waals surface area contributed by atoms with Crippen molar-refractivity contribution in [1.29, 1.82) is 0 Å². The summed E-state index contributed by atoms with van der Waals surface area (Å²) >= 11 is 0. The van der Waals surface area contributed by atoms with Gasteiger partial charge in [0.1, 0.15) is 11.6 Å². The molecule has 1 unspecified atom stereocenters. The molecule has 6 nitrogen and oxygen atoms in total. The van der Waals surface area contributed by atoms with E-state index in [2.05, 4.69) is 9.97 Å². The minimum absolute atomic E-state index is 0.00836. The molecule has 0 spiro atoms. The SMILES string of the molecule is O=C1C(=O)N(c2ncccn2)C(c2cccc(F)c2)/C1=C(\O)c1ccccc1. The van der Waals surface area contributed by atoms with Gasteiger partial charge in [0.05, 0.1) is 11.6 Å². The van der Waals surface area contributed by atoms with E-state index in [0.29, 0.717) is 11.1 Å². The minimum Gasteiger partial charge on any atom is -0.507 e. The van der Waals surface area contributed by atoms with Crippen molar-refractivity contribution < 1.29 is 19.1 Å². The van der Waals surface area contributed by atoms with Crippen molar-refractivity contribution in [3.63, 3.8) is 0 Å². The third-order valence-corrected chi connectivity index (χ3v) is 4.42. The second-order valence-corrected chi connectivity index (χ2v) is 6.14. The van der Waals surface area contributed by atoms with Crippen LogP contribution in [0.1, 0.15) is 17.2 Å². The van der Waals surface area contributed by atoms with Crippen molar-refractivity contribution in [3.8, 4) is 0 Å². The molecule has 1 atom stereocenters. The van der Waals surface area contributed by atoms with Crippen molar-refractivity contribution in [2.24, 2.45) is 0 Å². The molecule has 1 N–H and O–H groups in total. The summed E-state index contributed by atoms with van der Waals surface area (Å²) in [5.74, 6) is -2.66. The lowest BCUT2D eigenvalue weighted by molar-refractivity contribution is -0.132. The number of carbonyl (C=O) groups is 2. The largest absolute Gasteiger partial charge is 0.507 e. The number of aliphatic hydroxyl groups excluding tert-OH is 1. The van der Waals surface area contributed by atoms with Gasteiger partial charge in [0.25, 0.3) is 5.78 Å². The Hall–Kier alpha value is -3.87. The van der Waals surface area contributed by atoms with E-state index in [1.165, 1.54) is 30.6 Å². The molecule has 2 heterocycles. The van der Waals surface area contributed by atoms with Crippen LogP contribution in [-0.4, -0.2) is 26.8 Å². The van der Waals surface area contributed by atoms with Crippen molar-refractivity contribution in [2.45, 2.75) is 6.04 Å². The quantitative estimate of drug-likeness (QED) is 0.432. The maximum Gasteiger partial charge on any atom is 0.302 e. The predicted molar refractivity (Wildman–Crippen MR) is 99.7 cm³/mol. The molecule has 0 radical (unpaired) electrons. The highest BCUT2D eigenvalue weighted by atomic mass is 19.1. The van der Waals surface area contributed by atoms with Crippen LogP contribution in [0.3, 0.4) is 0 Å². The zero-order valence-corrected chi connectivity index (χ0v) is 14.5. The molecule has 1 fully saturated rings. The first-order valence-electron chi connectivity index (χ1n) is 8.47. The fourth-order valence-corrected chi connectivity index (χ4v) is 3.20. The second kappa shape index (κ2) is 7.03. The molecule has 1 amide bonds. The van der Waals surface area contributed by atoms with Crippen LogP contribution >= 0.6 is 0 Å². The summed E-state index contributed by atoms with van der Waals surface area (Å²) in [5, 5.41) is 10.8. The molecule has 3 aromatic rings. The molecule has 7 heteroatoms. The summed E-state index contributed by atoms with van der Waals surface area (Å²) in [5.41, 5.74) is 0.550. The number of anilines is 1. The molecule has 138 valence electrons. The molecule has 0 bridgehead atoms. The number of hydrogen-bond donors (Lipinski definition) is 1. The molecule has 4 rings (SSSR count). The Balaban J connectivity index is 1.96. The lowest BCUT2D eigenvalue weighted by atomic mass is 9.95. The maximum absolute atomic E-state index is 13.9. The van der Waals surface area contributed by atoms with E-state index < -0.39 is 23.5 Å².